The first-order valence-electron chi connectivity index (χ1n) is 9.47. The molecule has 0 saturated carbocycles. The Kier molecular flexibility index (Phi) is 7.22. The van der Waals surface area contributed by atoms with Gasteiger partial charge in [0, 0.05) is 13.2 Å². The van der Waals surface area contributed by atoms with Crippen LogP contribution >= 0.6 is 0 Å². The van der Waals surface area contributed by atoms with Gasteiger partial charge in [-0.1, -0.05) is 80.9 Å². The fraction of sp³-hybridized carbons (Fsp3) is 0.478. The highest BCUT2D eigenvalue weighted by Crippen LogP contribution is 2.46. The molecule has 0 saturated heterocycles. The second-order valence-electron chi connectivity index (χ2n) is 6.85. The molecule has 2 heteroatoms. The van der Waals surface area contributed by atoms with E-state index < -0.39 is 11.2 Å². The predicted molar refractivity (Wildman–Crippen MR) is 105 cm³/mol. The molecule has 0 fully saturated rings. The maximum Gasteiger partial charge on any atom is 0.123 e. The predicted octanol–water partition coefficient (Wildman–Crippen LogP) is 6.06. The normalized spacial score (nSPS) is 16.2. The monoisotopic (exact) mass is 340 g/mol. The molecule has 0 aliphatic carbocycles. The summed E-state index contributed by atoms with van der Waals surface area (Å²) >= 11 is 0. The third-order valence-electron chi connectivity index (χ3n) is 5.04. The summed E-state index contributed by atoms with van der Waals surface area (Å²) in [5, 5.41) is 0. The average molecular weight is 341 g/mol. The molecular weight excluding hydrogens is 308 g/mol. The third kappa shape index (κ3) is 4.31. The Bertz CT molecular complexity index is 611. The summed E-state index contributed by atoms with van der Waals surface area (Å²) in [6.45, 7) is 10.1. The van der Waals surface area contributed by atoms with Crippen LogP contribution in [0.25, 0.3) is 0 Å². The van der Waals surface area contributed by atoms with Crippen LogP contribution in [0.5, 0.6) is 0 Å². The summed E-state index contributed by atoms with van der Waals surface area (Å²) in [6, 6.07) is 20.9. The Hall–Kier alpha value is -1.64. The molecule has 2 rings (SSSR count). The summed E-state index contributed by atoms with van der Waals surface area (Å²) in [5.41, 5.74) is 1.15. The van der Waals surface area contributed by atoms with Crippen molar-refractivity contribution in [2.24, 2.45) is 0 Å². The van der Waals surface area contributed by atoms with Crippen LogP contribution in [0.15, 0.2) is 60.7 Å². The van der Waals surface area contributed by atoms with Crippen molar-refractivity contribution in [3.63, 3.8) is 0 Å². The number of hydrogen-bond acceptors (Lipinski definition) is 2. The molecule has 136 valence electrons. The van der Waals surface area contributed by atoms with Crippen molar-refractivity contribution in [2.45, 2.75) is 58.2 Å². The van der Waals surface area contributed by atoms with Crippen LogP contribution in [0.2, 0.25) is 0 Å². The number of benzene rings is 2. The van der Waals surface area contributed by atoms with Crippen molar-refractivity contribution in [2.75, 3.05) is 13.2 Å². The number of ether oxygens (including phenoxy) is 2. The van der Waals surface area contributed by atoms with Gasteiger partial charge in [-0.05, 0) is 37.8 Å². The lowest BCUT2D eigenvalue weighted by Crippen LogP contribution is -2.49. The highest BCUT2D eigenvalue weighted by molar-refractivity contribution is 5.33. The maximum atomic E-state index is 6.55. The first-order valence-corrected chi connectivity index (χ1v) is 9.47. The Balaban J connectivity index is 2.52. The summed E-state index contributed by atoms with van der Waals surface area (Å²) in [7, 11) is 0. The Morgan fingerprint density at radius 1 is 0.640 bits per heavy atom. The SMILES string of the molecule is CCCCOC(C)(c1ccccc1)C(C)(OCCC)c1ccccc1. The van der Waals surface area contributed by atoms with Gasteiger partial charge in [0.15, 0.2) is 0 Å². The minimum atomic E-state index is -0.570. The topological polar surface area (TPSA) is 18.5 Å². The summed E-state index contributed by atoms with van der Waals surface area (Å²) < 4.78 is 13.0. The molecule has 0 N–H and O–H groups in total. The van der Waals surface area contributed by atoms with Gasteiger partial charge in [-0.3, -0.25) is 0 Å². The molecular formula is C23H32O2. The molecule has 2 aromatic carbocycles. The molecule has 2 nitrogen and oxygen atoms in total. The minimum Gasteiger partial charge on any atom is -0.367 e. The quantitative estimate of drug-likeness (QED) is 0.489. The van der Waals surface area contributed by atoms with Gasteiger partial charge in [0.25, 0.3) is 0 Å². The van der Waals surface area contributed by atoms with Crippen LogP contribution in [0, 0.1) is 0 Å². The second kappa shape index (κ2) is 9.17. The standard InChI is InChI=1S/C23H32O2/c1-5-7-19-25-23(4,21-16-12-9-13-17-21)22(3,24-18-6-2)20-14-10-8-11-15-20/h8-17H,5-7,18-19H2,1-4H3. The van der Waals surface area contributed by atoms with E-state index in [-0.39, 0.29) is 0 Å². The summed E-state index contributed by atoms with van der Waals surface area (Å²) in [5.74, 6) is 0. The molecule has 0 amide bonds. The van der Waals surface area contributed by atoms with Crippen LogP contribution < -0.4 is 0 Å². The van der Waals surface area contributed by atoms with E-state index >= 15 is 0 Å². The van der Waals surface area contributed by atoms with Crippen molar-refractivity contribution in [3.05, 3.63) is 71.8 Å². The van der Waals surface area contributed by atoms with E-state index in [9.17, 15) is 0 Å². The number of unbranched alkanes of at least 4 members (excludes halogenated alkanes) is 1. The van der Waals surface area contributed by atoms with E-state index in [4.69, 9.17) is 9.47 Å². The molecule has 2 atom stereocenters. The molecule has 0 bridgehead atoms. The van der Waals surface area contributed by atoms with E-state index in [1.807, 2.05) is 12.1 Å². The molecule has 0 aliphatic rings. The van der Waals surface area contributed by atoms with Gasteiger partial charge in [0.05, 0.1) is 0 Å². The van der Waals surface area contributed by atoms with Crippen LogP contribution in [0.1, 0.15) is 58.1 Å². The van der Waals surface area contributed by atoms with Gasteiger partial charge in [-0.15, -0.1) is 0 Å². The molecule has 25 heavy (non-hydrogen) atoms. The number of rotatable bonds is 10. The average Bonchev–Trinajstić information content (AvgIpc) is 2.67. The van der Waals surface area contributed by atoms with Gasteiger partial charge in [0.1, 0.15) is 11.2 Å². The van der Waals surface area contributed by atoms with E-state index in [1.165, 1.54) is 0 Å². The first kappa shape index (κ1) is 19.7. The van der Waals surface area contributed by atoms with Crippen LogP contribution in [-0.4, -0.2) is 13.2 Å². The molecule has 2 aromatic rings. The highest BCUT2D eigenvalue weighted by atomic mass is 16.6. The van der Waals surface area contributed by atoms with Crippen molar-refractivity contribution < 1.29 is 9.47 Å². The van der Waals surface area contributed by atoms with Crippen molar-refractivity contribution >= 4 is 0 Å². The molecule has 0 spiro atoms. The van der Waals surface area contributed by atoms with Gasteiger partial charge in [-0.2, -0.15) is 0 Å². The Labute approximate surface area is 153 Å². The first-order chi connectivity index (χ1) is 12.1. The van der Waals surface area contributed by atoms with Crippen LogP contribution in [0.3, 0.4) is 0 Å². The molecule has 2 unspecified atom stereocenters. The van der Waals surface area contributed by atoms with Gasteiger partial charge in [-0.25, -0.2) is 0 Å². The van der Waals surface area contributed by atoms with Crippen LogP contribution in [-0.2, 0) is 20.7 Å². The lowest BCUT2D eigenvalue weighted by Gasteiger charge is -2.46. The molecule has 0 radical (unpaired) electrons. The van der Waals surface area contributed by atoms with Gasteiger partial charge in [0.2, 0.25) is 0 Å². The second-order valence-corrected chi connectivity index (χ2v) is 6.85. The van der Waals surface area contributed by atoms with E-state index in [1.54, 1.807) is 0 Å². The molecule has 0 heterocycles. The van der Waals surface area contributed by atoms with Crippen molar-refractivity contribution in [3.8, 4) is 0 Å². The van der Waals surface area contributed by atoms with Gasteiger partial charge < -0.3 is 9.47 Å². The van der Waals surface area contributed by atoms with Gasteiger partial charge >= 0.3 is 0 Å². The summed E-state index contributed by atoms with van der Waals surface area (Å²) in [4.78, 5) is 0. The Morgan fingerprint density at radius 2 is 1.08 bits per heavy atom. The highest BCUT2D eigenvalue weighted by Gasteiger charge is 2.49. The smallest absolute Gasteiger partial charge is 0.123 e. The van der Waals surface area contributed by atoms with E-state index in [2.05, 4.69) is 76.2 Å². The summed E-state index contributed by atoms with van der Waals surface area (Å²) in [6.07, 6.45) is 3.13. The largest absolute Gasteiger partial charge is 0.367 e. The van der Waals surface area contributed by atoms with Crippen molar-refractivity contribution in [1.29, 1.82) is 0 Å². The molecule has 0 aromatic heterocycles. The van der Waals surface area contributed by atoms with Crippen LogP contribution in [0.4, 0.5) is 0 Å². The fourth-order valence-corrected chi connectivity index (χ4v) is 3.23. The maximum absolute atomic E-state index is 6.55. The number of hydrogen-bond donors (Lipinski definition) is 0. The van der Waals surface area contributed by atoms with Crippen molar-refractivity contribution in [1.82, 2.24) is 0 Å². The third-order valence-corrected chi connectivity index (χ3v) is 5.04. The zero-order chi connectivity index (χ0) is 18.2. The Morgan fingerprint density at radius 3 is 1.48 bits per heavy atom. The lowest BCUT2D eigenvalue weighted by atomic mass is 9.75. The fourth-order valence-electron chi connectivity index (χ4n) is 3.23. The zero-order valence-corrected chi connectivity index (χ0v) is 16.1. The minimum absolute atomic E-state index is 0.569. The lowest BCUT2D eigenvalue weighted by molar-refractivity contribution is -0.207. The zero-order valence-electron chi connectivity index (χ0n) is 16.1. The van der Waals surface area contributed by atoms with E-state index in [0.29, 0.717) is 6.61 Å². The van der Waals surface area contributed by atoms with E-state index in [0.717, 1.165) is 37.0 Å². The molecule has 0 aliphatic heterocycles.